The summed E-state index contributed by atoms with van der Waals surface area (Å²) in [6, 6.07) is 8.40. The fourth-order valence-corrected chi connectivity index (χ4v) is 8.58. The van der Waals surface area contributed by atoms with Crippen LogP contribution in [0.4, 0.5) is 5.69 Å². The van der Waals surface area contributed by atoms with Crippen molar-refractivity contribution < 1.29 is 32.3 Å². The summed E-state index contributed by atoms with van der Waals surface area (Å²) in [5.41, 5.74) is 0.703. The van der Waals surface area contributed by atoms with Gasteiger partial charge in [-0.1, -0.05) is 11.3 Å². The van der Waals surface area contributed by atoms with Crippen molar-refractivity contribution in [1.29, 1.82) is 0 Å². The Morgan fingerprint density at radius 2 is 1.79 bits per heavy atom. The molecule has 0 N–H and O–H groups in total. The van der Waals surface area contributed by atoms with Gasteiger partial charge in [0.2, 0.25) is 27.7 Å². The van der Waals surface area contributed by atoms with Gasteiger partial charge in [-0.15, -0.1) is 0 Å². The van der Waals surface area contributed by atoms with E-state index in [0.29, 0.717) is 59.5 Å². The van der Waals surface area contributed by atoms with Crippen LogP contribution in [0, 0.1) is 0 Å². The lowest BCUT2D eigenvalue weighted by atomic mass is 9.81. The van der Waals surface area contributed by atoms with Gasteiger partial charge in [0.15, 0.2) is 0 Å². The number of hydrogen-bond donors (Lipinski definition) is 0. The molecular weight excluding hydrogens is 657 g/mol. The van der Waals surface area contributed by atoms with E-state index in [1.807, 2.05) is 19.0 Å². The molecule has 1 fully saturated rings. The number of fused-ring (bicyclic) bond motifs is 3. The second-order valence-electron chi connectivity index (χ2n) is 13.6. The maximum Gasteiger partial charge on any atom is 0.307 e. The van der Waals surface area contributed by atoms with Crippen LogP contribution in [0.5, 0.6) is 5.88 Å². The summed E-state index contributed by atoms with van der Waals surface area (Å²) >= 11 is 1.32. The van der Waals surface area contributed by atoms with Crippen molar-refractivity contribution in [3.05, 3.63) is 40.9 Å². The molecule has 2 aliphatic heterocycles. The molecule has 2 amide bonds. The number of methoxy groups -OCH3 is 1. The standard InChI is InChI=1S/C33H44N6O7S2/c1-22(40)37-15-13-33(20-37)21-39(29(41)19-28-34-25-9-11-27(45-7)35-31(25)47-28)26-10-8-23(18-24(26)33)48(43,44)38(17-16-36(5)6)14-12-30(42)46-32(2,3)4/h8-11,18H,12-17,19-21H2,1-7H3. The Balaban J connectivity index is 1.46. The average Bonchev–Trinajstić information content (AvgIpc) is 3.71. The zero-order valence-electron chi connectivity index (χ0n) is 28.6. The number of sulfonamides is 1. The van der Waals surface area contributed by atoms with Crippen molar-refractivity contribution in [2.24, 2.45) is 0 Å². The molecule has 0 radical (unpaired) electrons. The molecule has 2 aromatic heterocycles. The Labute approximate surface area is 285 Å². The van der Waals surface area contributed by atoms with Gasteiger partial charge in [-0.2, -0.15) is 4.31 Å². The number of rotatable bonds is 11. The van der Waals surface area contributed by atoms with Crippen LogP contribution in [0.2, 0.25) is 0 Å². The third kappa shape index (κ3) is 7.64. The van der Waals surface area contributed by atoms with E-state index < -0.39 is 27.0 Å². The average molecular weight is 701 g/mol. The molecule has 1 saturated heterocycles. The molecule has 0 saturated carbocycles. The minimum Gasteiger partial charge on any atom is -0.481 e. The quantitative estimate of drug-likeness (QED) is 0.274. The molecule has 4 heterocycles. The van der Waals surface area contributed by atoms with Gasteiger partial charge in [-0.25, -0.2) is 18.4 Å². The molecule has 1 aromatic carbocycles. The van der Waals surface area contributed by atoms with Gasteiger partial charge in [0.25, 0.3) is 0 Å². The normalized spacial score (nSPS) is 17.9. The number of likely N-dealkylation sites (tertiary alicyclic amines) is 1. The smallest absolute Gasteiger partial charge is 0.307 e. The summed E-state index contributed by atoms with van der Waals surface area (Å²) in [7, 11) is 1.20. The number of pyridine rings is 1. The SMILES string of the molecule is COc1ccc2nc(CC(=O)N3CC4(CCN(C(C)=O)C4)c4cc(S(=O)(=O)N(CCC(=O)OC(C)(C)C)CCN(C)C)ccc43)sc2n1. The minimum atomic E-state index is -4.05. The highest BCUT2D eigenvalue weighted by Gasteiger charge is 2.50. The Morgan fingerprint density at radius 1 is 1.04 bits per heavy atom. The van der Waals surface area contributed by atoms with E-state index >= 15 is 0 Å². The highest BCUT2D eigenvalue weighted by atomic mass is 32.2. The van der Waals surface area contributed by atoms with Crippen molar-refractivity contribution in [2.45, 2.75) is 62.9 Å². The van der Waals surface area contributed by atoms with Gasteiger partial charge < -0.3 is 24.2 Å². The highest BCUT2D eigenvalue weighted by molar-refractivity contribution is 7.89. The number of hydrogen-bond acceptors (Lipinski definition) is 11. The lowest BCUT2D eigenvalue weighted by Crippen LogP contribution is -2.40. The van der Waals surface area contributed by atoms with E-state index in [1.54, 1.807) is 61.9 Å². The van der Waals surface area contributed by atoms with E-state index in [2.05, 4.69) is 9.97 Å². The number of ether oxygens (including phenoxy) is 2. The Hall–Kier alpha value is -3.66. The van der Waals surface area contributed by atoms with Crippen LogP contribution in [0.1, 0.15) is 51.1 Å². The molecule has 48 heavy (non-hydrogen) atoms. The van der Waals surface area contributed by atoms with Crippen LogP contribution in [-0.4, -0.2) is 116 Å². The molecule has 3 aromatic rings. The predicted octanol–water partition coefficient (Wildman–Crippen LogP) is 3.06. The predicted molar refractivity (Wildman–Crippen MR) is 183 cm³/mol. The summed E-state index contributed by atoms with van der Waals surface area (Å²) in [6.07, 6.45) is 0.530. The summed E-state index contributed by atoms with van der Waals surface area (Å²) in [4.78, 5) is 54.0. The molecular formula is C33H44N6O7S2. The number of benzene rings is 1. The Kier molecular flexibility index (Phi) is 10.2. The molecule has 15 heteroatoms. The van der Waals surface area contributed by atoms with Crippen LogP contribution in [-0.2, 0) is 41.0 Å². The number of amides is 2. The number of carbonyl (C=O) groups excluding carboxylic acids is 3. The summed E-state index contributed by atoms with van der Waals surface area (Å²) in [5.74, 6) is -0.267. The van der Waals surface area contributed by atoms with Crippen molar-refractivity contribution in [1.82, 2.24) is 24.1 Å². The topological polar surface area (TPSA) is 143 Å². The number of anilines is 1. The zero-order valence-corrected chi connectivity index (χ0v) is 30.2. The number of likely N-dealkylation sites (N-methyl/N-ethyl adjacent to an activating group) is 1. The molecule has 0 bridgehead atoms. The van der Waals surface area contributed by atoms with E-state index in [-0.39, 0.29) is 42.6 Å². The van der Waals surface area contributed by atoms with Gasteiger partial charge in [0.1, 0.15) is 21.0 Å². The number of aromatic nitrogens is 2. The van der Waals surface area contributed by atoms with Gasteiger partial charge in [0.05, 0.1) is 24.8 Å². The van der Waals surface area contributed by atoms with Crippen molar-refractivity contribution in [3.63, 3.8) is 0 Å². The van der Waals surface area contributed by atoms with Crippen LogP contribution >= 0.6 is 11.3 Å². The highest BCUT2D eigenvalue weighted by Crippen LogP contribution is 2.47. The maximum atomic E-state index is 14.2. The third-order valence-electron chi connectivity index (χ3n) is 8.60. The summed E-state index contributed by atoms with van der Waals surface area (Å²) < 4.78 is 40.4. The van der Waals surface area contributed by atoms with E-state index in [9.17, 15) is 22.8 Å². The third-order valence-corrected chi connectivity index (χ3v) is 11.5. The van der Waals surface area contributed by atoms with E-state index in [0.717, 1.165) is 5.56 Å². The lowest BCUT2D eigenvalue weighted by molar-refractivity contribution is -0.154. The lowest BCUT2D eigenvalue weighted by Gasteiger charge is -2.27. The van der Waals surface area contributed by atoms with Crippen LogP contribution in [0.25, 0.3) is 10.3 Å². The minimum absolute atomic E-state index is 0.0400. The molecule has 0 aliphatic carbocycles. The van der Waals surface area contributed by atoms with E-state index in [1.165, 1.54) is 28.6 Å². The zero-order chi connectivity index (χ0) is 35.0. The van der Waals surface area contributed by atoms with Crippen LogP contribution < -0.4 is 9.64 Å². The number of esters is 1. The fraction of sp³-hybridized carbons (Fsp3) is 0.545. The van der Waals surface area contributed by atoms with Crippen LogP contribution in [0.3, 0.4) is 0 Å². The van der Waals surface area contributed by atoms with Crippen molar-refractivity contribution >= 4 is 55.2 Å². The molecule has 5 rings (SSSR count). The fourth-order valence-electron chi connectivity index (χ4n) is 6.20. The molecule has 2 aliphatic rings. The Morgan fingerprint density at radius 3 is 2.44 bits per heavy atom. The molecule has 1 unspecified atom stereocenters. The van der Waals surface area contributed by atoms with Crippen molar-refractivity contribution in [3.8, 4) is 5.88 Å². The maximum absolute atomic E-state index is 14.2. The first-order valence-electron chi connectivity index (χ1n) is 15.9. The molecule has 1 atom stereocenters. The number of thiazole rings is 1. The van der Waals surface area contributed by atoms with Gasteiger partial charge in [0, 0.05) is 63.4 Å². The number of carbonyl (C=O) groups is 3. The monoisotopic (exact) mass is 700 g/mol. The second-order valence-corrected chi connectivity index (χ2v) is 16.6. The Bertz CT molecular complexity index is 1820. The second kappa shape index (κ2) is 13.7. The first-order chi connectivity index (χ1) is 22.5. The molecule has 260 valence electrons. The molecule has 1 spiro atoms. The first kappa shape index (κ1) is 35.6. The largest absolute Gasteiger partial charge is 0.481 e. The van der Waals surface area contributed by atoms with Crippen LogP contribution in [0.15, 0.2) is 35.2 Å². The summed E-state index contributed by atoms with van der Waals surface area (Å²) in [5, 5.41) is 0.607. The van der Waals surface area contributed by atoms with E-state index in [4.69, 9.17) is 9.47 Å². The first-order valence-corrected chi connectivity index (χ1v) is 18.1. The van der Waals surface area contributed by atoms with Gasteiger partial charge >= 0.3 is 5.97 Å². The van der Waals surface area contributed by atoms with Gasteiger partial charge in [-0.05, 0) is 71.1 Å². The number of nitrogens with zero attached hydrogens (tertiary/aromatic N) is 6. The molecule has 13 nitrogen and oxygen atoms in total. The van der Waals surface area contributed by atoms with Gasteiger partial charge in [-0.3, -0.25) is 14.4 Å². The van der Waals surface area contributed by atoms with Crippen molar-refractivity contribution in [2.75, 3.05) is 65.4 Å². The summed E-state index contributed by atoms with van der Waals surface area (Å²) in [6.45, 7) is 8.59.